The van der Waals surface area contributed by atoms with Crippen LogP contribution in [0.5, 0.6) is 0 Å². The van der Waals surface area contributed by atoms with Gasteiger partial charge in [0.15, 0.2) is 0 Å². The maximum Gasteiger partial charge on any atom is 0.335 e. The van der Waals surface area contributed by atoms with E-state index in [1.807, 2.05) is 97.3 Å². The number of nitrogens with two attached hydrogens (primary N) is 1. The second kappa shape index (κ2) is 25.4. The average Bonchev–Trinajstić information content (AvgIpc) is 3.97. The number of hydrogen-bond donors (Lipinski definition) is 2. The highest BCUT2D eigenvalue weighted by Crippen LogP contribution is 2.37. The molecule has 0 aliphatic heterocycles. The molecule has 0 saturated carbocycles. The van der Waals surface area contributed by atoms with Crippen LogP contribution in [-0.4, -0.2) is 55.8 Å². The number of halogens is 5. The van der Waals surface area contributed by atoms with Gasteiger partial charge in [-0.2, -0.15) is 25.6 Å². The Labute approximate surface area is 433 Å². The molecule has 6 aromatic carbocycles. The molecule has 0 atom stereocenters. The van der Waals surface area contributed by atoms with Gasteiger partial charge in [0.25, 0.3) is 0 Å². The third kappa shape index (κ3) is 13.4. The Morgan fingerprint density at radius 3 is 1.47 bits per heavy atom. The first kappa shape index (κ1) is 53.7. The van der Waals surface area contributed by atoms with Crippen molar-refractivity contribution in [1.29, 1.82) is 0 Å². The van der Waals surface area contributed by atoms with Crippen LogP contribution in [0.1, 0.15) is 0 Å². The summed E-state index contributed by atoms with van der Waals surface area (Å²) in [4.78, 5) is 36.5. The molecule has 18 nitrogen and oxygen atoms in total. The minimum absolute atomic E-state index is 0.173. The molecular formula is C48H31Cl3F2N10O8S2. The molecule has 0 unspecified atom stereocenters. The number of nitrogen functional groups attached to an aromatic ring is 1. The zero-order valence-electron chi connectivity index (χ0n) is 36.8. The standard InChI is InChI=1S/C24H15ClFN5O2.C18H11Cl2N3.C6H5FN2O2.2O2S/c25-19-13-27-24(28-15-10-11-20(26)22(12-15)31(32)33)29-23(19)18-14-30(16-6-2-1-3-7-16)21-9-5-4-8-17(18)21;19-15-10-21-18(20)22-17(15)14-11-23(12-6-2-1-3-7-12)16-9-5-4-8-13(14)16;7-5-2-1-4(8)3-6(5)9(10)11;2*1-3-2/h1-14H,(H,27,28,29);1-11H;1-3H,8H2;;. The van der Waals surface area contributed by atoms with Crippen LogP contribution in [0.4, 0.5) is 37.5 Å². The van der Waals surface area contributed by atoms with Crippen LogP contribution in [0.15, 0.2) is 170 Å². The normalized spacial score (nSPS) is 10.2. The van der Waals surface area contributed by atoms with Crippen molar-refractivity contribution in [3.8, 4) is 33.9 Å². The first-order valence-electron chi connectivity index (χ1n) is 20.5. The van der Waals surface area contributed by atoms with Gasteiger partial charge in [0.2, 0.25) is 22.9 Å². The van der Waals surface area contributed by atoms with Crippen LogP contribution >= 0.6 is 34.8 Å². The van der Waals surface area contributed by atoms with Crippen molar-refractivity contribution < 1.29 is 35.5 Å². The van der Waals surface area contributed by atoms with E-state index in [9.17, 15) is 29.0 Å². The molecule has 0 fully saturated rings. The van der Waals surface area contributed by atoms with Crippen LogP contribution in [-0.2, 0) is 23.1 Å². The molecule has 10 aromatic rings. The Bertz CT molecular complexity index is 3670. The predicted molar refractivity (Wildman–Crippen MR) is 275 cm³/mol. The molecule has 25 heteroatoms. The third-order valence-electron chi connectivity index (χ3n) is 10.0. The molecule has 3 N–H and O–H groups in total. The first-order chi connectivity index (χ1) is 35.2. The van der Waals surface area contributed by atoms with E-state index in [2.05, 4.69) is 58.7 Å². The lowest BCUT2D eigenvalue weighted by Gasteiger charge is -2.08. The number of benzene rings is 6. The maximum atomic E-state index is 13.7. The lowest BCUT2D eigenvalue weighted by Crippen LogP contribution is -2.00. The fraction of sp³-hybridized carbons (Fsp3) is 0. The average molecular weight is 1080 g/mol. The van der Waals surface area contributed by atoms with Crippen LogP contribution < -0.4 is 11.1 Å². The van der Waals surface area contributed by atoms with Gasteiger partial charge in [-0.3, -0.25) is 20.2 Å². The Morgan fingerprint density at radius 2 is 0.986 bits per heavy atom. The van der Waals surface area contributed by atoms with Crippen molar-refractivity contribution in [2.45, 2.75) is 0 Å². The van der Waals surface area contributed by atoms with Gasteiger partial charge in [0.1, 0.15) is 0 Å². The van der Waals surface area contributed by atoms with Crippen molar-refractivity contribution >= 4 is 108 Å². The highest BCUT2D eigenvalue weighted by Gasteiger charge is 2.19. The van der Waals surface area contributed by atoms with E-state index in [1.54, 1.807) is 0 Å². The molecule has 0 amide bonds. The monoisotopic (exact) mass is 1080 g/mol. The van der Waals surface area contributed by atoms with E-state index >= 15 is 0 Å². The van der Waals surface area contributed by atoms with Gasteiger partial charge in [-0.25, -0.2) is 19.9 Å². The summed E-state index contributed by atoms with van der Waals surface area (Å²) in [6.07, 6.45) is 6.98. The SMILES string of the molecule is Clc1ncc(Cl)c(-c2cn(-c3ccccc3)c3ccccc23)n1.Nc1ccc(F)c([N+](=O)[O-])c1.O=S=O.O=S=O.O=[N+]([O-])c1cc(Nc2ncc(Cl)c(-c3cn(-c4ccccc4)c4ccccc34)n2)ccc1F. The van der Waals surface area contributed by atoms with Crippen LogP contribution in [0, 0.1) is 31.9 Å². The van der Waals surface area contributed by atoms with Crippen molar-refractivity contribution in [3.63, 3.8) is 0 Å². The van der Waals surface area contributed by atoms with Gasteiger partial charge in [0, 0.05) is 69.2 Å². The quantitative estimate of drug-likeness (QED) is 0.0621. The van der Waals surface area contributed by atoms with Crippen molar-refractivity contribution in [1.82, 2.24) is 29.1 Å². The second-order valence-corrected chi connectivity index (χ2v) is 15.8. The molecule has 368 valence electrons. The van der Waals surface area contributed by atoms with E-state index in [-0.39, 0.29) is 22.6 Å². The number of nitro groups is 2. The Hall–Kier alpha value is -8.67. The zero-order valence-corrected chi connectivity index (χ0v) is 40.7. The van der Waals surface area contributed by atoms with Gasteiger partial charge in [-0.15, -0.1) is 0 Å². The van der Waals surface area contributed by atoms with Gasteiger partial charge >= 0.3 is 34.5 Å². The fourth-order valence-electron chi connectivity index (χ4n) is 7.02. The van der Waals surface area contributed by atoms with E-state index in [1.165, 1.54) is 24.5 Å². The maximum absolute atomic E-state index is 13.7. The zero-order chi connectivity index (χ0) is 52.6. The van der Waals surface area contributed by atoms with Crippen LogP contribution in [0.25, 0.3) is 55.7 Å². The number of para-hydroxylation sites is 4. The molecule has 10 rings (SSSR count). The number of rotatable bonds is 8. The minimum Gasteiger partial charge on any atom is -0.399 e. The number of anilines is 3. The molecule has 0 aliphatic rings. The summed E-state index contributed by atoms with van der Waals surface area (Å²) in [7, 11) is 0. The van der Waals surface area contributed by atoms with Crippen molar-refractivity contribution in [3.05, 3.63) is 218 Å². The van der Waals surface area contributed by atoms with Crippen LogP contribution in [0.3, 0.4) is 0 Å². The molecule has 0 bridgehead atoms. The molecule has 4 aromatic heterocycles. The third-order valence-corrected chi connectivity index (χ3v) is 10.8. The number of nitro benzene ring substituents is 2. The van der Waals surface area contributed by atoms with Gasteiger partial charge in [-0.05, 0) is 72.3 Å². The summed E-state index contributed by atoms with van der Waals surface area (Å²) < 4.78 is 63.5. The highest BCUT2D eigenvalue weighted by molar-refractivity contribution is 7.52. The summed E-state index contributed by atoms with van der Waals surface area (Å²) in [6, 6.07) is 42.8. The van der Waals surface area contributed by atoms with E-state index in [4.69, 9.17) is 57.4 Å². The number of nitrogens with zero attached hydrogens (tertiary/aromatic N) is 8. The lowest BCUT2D eigenvalue weighted by atomic mass is 10.1. The predicted octanol–water partition coefficient (Wildman–Crippen LogP) is 11.9. The summed E-state index contributed by atoms with van der Waals surface area (Å²) >= 11 is 17.2. The summed E-state index contributed by atoms with van der Waals surface area (Å²) in [5.41, 5.74) is 11.4. The number of aromatic nitrogens is 6. The molecule has 0 saturated heterocycles. The molecule has 0 radical (unpaired) electrons. The van der Waals surface area contributed by atoms with Gasteiger partial charge in [-0.1, -0.05) is 96.0 Å². The number of hydrogen-bond acceptors (Lipinski definition) is 14. The number of nitrogens with one attached hydrogen (secondary N) is 1. The van der Waals surface area contributed by atoms with Crippen LogP contribution in [0.2, 0.25) is 15.3 Å². The van der Waals surface area contributed by atoms with E-state index in [0.29, 0.717) is 21.4 Å². The van der Waals surface area contributed by atoms with E-state index in [0.717, 1.165) is 68.6 Å². The topological polar surface area (TPSA) is 254 Å². The van der Waals surface area contributed by atoms with Crippen molar-refractivity contribution in [2.75, 3.05) is 11.1 Å². The van der Waals surface area contributed by atoms with E-state index < -0.39 is 56.0 Å². The van der Waals surface area contributed by atoms with Gasteiger partial charge < -0.3 is 20.2 Å². The lowest BCUT2D eigenvalue weighted by molar-refractivity contribution is -0.387. The first-order valence-corrected chi connectivity index (χ1v) is 22.9. The Kier molecular flexibility index (Phi) is 18.7. The second-order valence-electron chi connectivity index (χ2n) is 14.4. The Balaban J connectivity index is 0.000000187. The Morgan fingerprint density at radius 1 is 0.562 bits per heavy atom. The molecule has 73 heavy (non-hydrogen) atoms. The minimum atomic E-state index is -0.919. The molecule has 0 spiro atoms. The molecule has 0 aliphatic carbocycles. The van der Waals surface area contributed by atoms with Gasteiger partial charge in [0.05, 0.1) is 54.7 Å². The van der Waals surface area contributed by atoms with Crippen molar-refractivity contribution in [2.24, 2.45) is 0 Å². The summed E-state index contributed by atoms with van der Waals surface area (Å²) in [5, 5.41) is 27.0. The summed E-state index contributed by atoms with van der Waals surface area (Å²) in [5.74, 6) is -1.62. The largest absolute Gasteiger partial charge is 0.399 e. The fourth-order valence-corrected chi connectivity index (χ4v) is 7.54. The smallest absolute Gasteiger partial charge is 0.335 e. The number of fused-ring (bicyclic) bond motifs is 2. The molecule has 4 heterocycles. The summed E-state index contributed by atoms with van der Waals surface area (Å²) in [6.45, 7) is 0. The highest BCUT2D eigenvalue weighted by atomic mass is 35.5. The molecular weight excluding hydrogens is 1050 g/mol.